The zero-order valence-corrected chi connectivity index (χ0v) is 12.1. The minimum absolute atomic E-state index is 0.0622. The summed E-state index contributed by atoms with van der Waals surface area (Å²) in [4.78, 5) is 22.9. The third kappa shape index (κ3) is 4.76. The van der Waals surface area contributed by atoms with Crippen molar-refractivity contribution in [2.45, 2.75) is 20.3 Å². The van der Waals surface area contributed by atoms with Gasteiger partial charge in [-0.2, -0.15) is 0 Å². The fraction of sp³-hybridized carbons (Fsp3) is 0.176. The van der Waals surface area contributed by atoms with Gasteiger partial charge in [-0.05, 0) is 36.8 Å². The Morgan fingerprint density at radius 2 is 1.57 bits per heavy atom. The van der Waals surface area contributed by atoms with Gasteiger partial charge in [0.1, 0.15) is 0 Å². The van der Waals surface area contributed by atoms with Crippen LogP contribution >= 0.6 is 0 Å². The number of carbonyl (C=O) groups excluding carboxylic acids is 2. The number of benzene rings is 2. The van der Waals surface area contributed by atoms with Gasteiger partial charge in [0.05, 0.1) is 6.42 Å². The maximum atomic E-state index is 12.0. The first kappa shape index (κ1) is 14.8. The highest BCUT2D eigenvalue weighted by Crippen LogP contribution is 2.14. The highest BCUT2D eigenvalue weighted by atomic mass is 16.2. The van der Waals surface area contributed by atoms with Gasteiger partial charge >= 0.3 is 0 Å². The molecule has 21 heavy (non-hydrogen) atoms. The fourth-order valence-corrected chi connectivity index (χ4v) is 2.05. The molecule has 0 atom stereocenters. The summed E-state index contributed by atoms with van der Waals surface area (Å²) in [6.07, 6.45) is 0.342. The van der Waals surface area contributed by atoms with Gasteiger partial charge in [0.15, 0.2) is 0 Å². The summed E-state index contributed by atoms with van der Waals surface area (Å²) in [6.45, 7) is 3.46. The molecule has 0 aliphatic carbocycles. The van der Waals surface area contributed by atoms with Crippen LogP contribution in [0.3, 0.4) is 0 Å². The minimum Gasteiger partial charge on any atom is -0.326 e. The van der Waals surface area contributed by atoms with E-state index in [9.17, 15) is 9.59 Å². The van der Waals surface area contributed by atoms with Crippen LogP contribution in [-0.4, -0.2) is 11.8 Å². The molecule has 0 aliphatic heterocycles. The average molecular weight is 282 g/mol. The molecule has 4 nitrogen and oxygen atoms in total. The van der Waals surface area contributed by atoms with Gasteiger partial charge in [0.25, 0.3) is 0 Å². The Bertz CT molecular complexity index is 648. The molecule has 108 valence electrons. The highest BCUT2D eigenvalue weighted by molar-refractivity contribution is 5.93. The van der Waals surface area contributed by atoms with Crippen molar-refractivity contribution in [3.8, 4) is 0 Å². The molecule has 0 saturated carbocycles. The molecule has 0 saturated heterocycles. The summed E-state index contributed by atoms with van der Waals surface area (Å²) in [6, 6.07) is 14.9. The van der Waals surface area contributed by atoms with E-state index in [1.165, 1.54) is 6.92 Å². The molecule has 2 rings (SSSR count). The lowest BCUT2D eigenvalue weighted by Crippen LogP contribution is -2.14. The fourth-order valence-electron chi connectivity index (χ4n) is 2.05. The first-order valence-electron chi connectivity index (χ1n) is 6.76. The molecule has 0 radical (unpaired) electrons. The monoisotopic (exact) mass is 282 g/mol. The van der Waals surface area contributed by atoms with Crippen LogP contribution in [0.5, 0.6) is 0 Å². The summed E-state index contributed by atoms with van der Waals surface area (Å²) in [5, 5.41) is 5.52. The Morgan fingerprint density at radius 1 is 0.952 bits per heavy atom. The van der Waals surface area contributed by atoms with Gasteiger partial charge in [-0.25, -0.2) is 0 Å². The number of anilines is 2. The Hall–Kier alpha value is -2.62. The summed E-state index contributed by atoms with van der Waals surface area (Å²) in [5.74, 6) is -0.181. The van der Waals surface area contributed by atoms with Crippen LogP contribution in [-0.2, 0) is 16.0 Å². The first-order chi connectivity index (χ1) is 10.0. The second kappa shape index (κ2) is 6.70. The quantitative estimate of drug-likeness (QED) is 0.905. The van der Waals surface area contributed by atoms with Crippen molar-refractivity contribution >= 4 is 23.2 Å². The van der Waals surface area contributed by atoms with Gasteiger partial charge in [-0.1, -0.05) is 29.8 Å². The van der Waals surface area contributed by atoms with E-state index in [2.05, 4.69) is 10.6 Å². The molecule has 0 aromatic heterocycles. The number of rotatable bonds is 4. The van der Waals surface area contributed by atoms with E-state index in [0.717, 1.165) is 11.1 Å². The van der Waals surface area contributed by atoms with E-state index >= 15 is 0 Å². The van der Waals surface area contributed by atoms with Crippen molar-refractivity contribution in [3.05, 3.63) is 59.7 Å². The number of carbonyl (C=O) groups is 2. The van der Waals surface area contributed by atoms with Crippen LogP contribution in [0.2, 0.25) is 0 Å². The lowest BCUT2D eigenvalue weighted by Gasteiger charge is -2.07. The molecule has 2 N–H and O–H groups in total. The Balaban J connectivity index is 1.95. The van der Waals surface area contributed by atoms with Crippen LogP contribution < -0.4 is 10.6 Å². The zero-order valence-electron chi connectivity index (χ0n) is 12.1. The second-order valence-corrected chi connectivity index (χ2v) is 4.97. The predicted octanol–water partition coefficient (Wildman–Crippen LogP) is 3.13. The van der Waals surface area contributed by atoms with Gasteiger partial charge in [0, 0.05) is 18.3 Å². The van der Waals surface area contributed by atoms with Gasteiger partial charge in [0.2, 0.25) is 11.8 Å². The largest absolute Gasteiger partial charge is 0.326 e. The Morgan fingerprint density at radius 3 is 2.14 bits per heavy atom. The number of hydrogen-bond acceptors (Lipinski definition) is 2. The SMILES string of the molecule is CC(=O)Nc1ccc(NC(=O)Cc2cccc(C)c2)cc1. The van der Waals surface area contributed by atoms with E-state index in [1.807, 2.05) is 31.2 Å². The third-order valence-corrected chi connectivity index (χ3v) is 2.94. The van der Waals surface area contributed by atoms with Crippen LogP contribution in [0.4, 0.5) is 11.4 Å². The highest BCUT2D eigenvalue weighted by Gasteiger charge is 2.04. The Labute approximate surface area is 124 Å². The molecule has 0 bridgehead atoms. The number of hydrogen-bond donors (Lipinski definition) is 2. The van der Waals surface area contributed by atoms with Gasteiger partial charge < -0.3 is 10.6 Å². The normalized spacial score (nSPS) is 10.0. The number of aryl methyl sites for hydroxylation is 1. The molecule has 2 aromatic rings. The summed E-state index contributed by atoms with van der Waals surface area (Å²) in [7, 11) is 0. The van der Waals surface area contributed by atoms with Crippen molar-refractivity contribution in [1.29, 1.82) is 0 Å². The van der Waals surface area contributed by atoms with E-state index in [0.29, 0.717) is 17.8 Å². The molecule has 0 heterocycles. The van der Waals surface area contributed by atoms with Crippen molar-refractivity contribution < 1.29 is 9.59 Å². The second-order valence-electron chi connectivity index (χ2n) is 4.97. The zero-order chi connectivity index (χ0) is 15.2. The lowest BCUT2D eigenvalue weighted by atomic mass is 10.1. The molecular weight excluding hydrogens is 264 g/mol. The molecule has 4 heteroatoms. The smallest absolute Gasteiger partial charge is 0.228 e. The first-order valence-corrected chi connectivity index (χ1v) is 6.76. The molecule has 0 spiro atoms. The predicted molar refractivity (Wildman–Crippen MR) is 84.3 cm³/mol. The third-order valence-electron chi connectivity index (χ3n) is 2.94. The lowest BCUT2D eigenvalue weighted by molar-refractivity contribution is -0.116. The molecular formula is C17H18N2O2. The van der Waals surface area contributed by atoms with E-state index < -0.39 is 0 Å². The maximum Gasteiger partial charge on any atom is 0.228 e. The van der Waals surface area contributed by atoms with Crippen LogP contribution in [0.25, 0.3) is 0 Å². The van der Waals surface area contributed by atoms with Crippen molar-refractivity contribution in [1.82, 2.24) is 0 Å². The number of nitrogens with one attached hydrogen (secondary N) is 2. The van der Waals surface area contributed by atoms with E-state index in [-0.39, 0.29) is 11.8 Å². The van der Waals surface area contributed by atoms with Crippen molar-refractivity contribution in [2.75, 3.05) is 10.6 Å². The maximum absolute atomic E-state index is 12.0. The van der Waals surface area contributed by atoms with E-state index in [4.69, 9.17) is 0 Å². The average Bonchev–Trinajstić information content (AvgIpc) is 2.40. The minimum atomic E-state index is -0.119. The van der Waals surface area contributed by atoms with Crippen LogP contribution in [0, 0.1) is 6.92 Å². The van der Waals surface area contributed by atoms with Crippen molar-refractivity contribution in [3.63, 3.8) is 0 Å². The van der Waals surface area contributed by atoms with Gasteiger partial charge in [-0.3, -0.25) is 9.59 Å². The van der Waals surface area contributed by atoms with Crippen LogP contribution in [0.15, 0.2) is 48.5 Å². The molecule has 0 fully saturated rings. The van der Waals surface area contributed by atoms with Crippen molar-refractivity contribution in [2.24, 2.45) is 0 Å². The summed E-state index contributed by atoms with van der Waals surface area (Å²) in [5.41, 5.74) is 3.54. The molecule has 0 unspecified atom stereocenters. The molecule has 2 aromatic carbocycles. The summed E-state index contributed by atoms with van der Waals surface area (Å²) < 4.78 is 0. The van der Waals surface area contributed by atoms with Crippen LogP contribution in [0.1, 0.15) is 18.1 Å². The standard InChI is InChI=1S/C17H18N2O2/c1-12-4-3-5-14(10-12)11-17(21)19-16-8-6-15(7-9-16)18-13(2)20/h3-10H,11H2,1-2H3,(H,18,20)(H,19,21). The Kier molecular flexibility index (Phi) is 4.72. The molecule has 0 aliphatic rings. The van der Waals surface area contributed by atoms with E-state index in [1.54, 1.807) is 24.3 Å². The van der Waals surface area contributed by atoms with Gasteiger partial charge in [-0.15, -0.1) is 0 Å². The molecule has 2 amide bonds. The number of amides is 2. The topological polar surface area (TPSA) is 58.2 Å². The summed E-state index contributed by atoms with van der Waals surface area (Å²) >= 11 is 0.